The van der Waals surface area contributed by atoms with Crippen LogP contribution in [0.2, 0.25) is 0 Å². The molecule has 0 fully saturated rings. The van der Waals surface area contributed by atoms with Crippen molar-refractivity contribution in [1.82, 2.24) is 0 Å². The zero-order valence-corrected chi connectivity index (χ0v) is 32.3. The Morgan fingerprint density at radius 2 is 1.12 bits per heavy atom. The molecule has 0 unspecified atom stereocenters. The maximum Gasteiger partial charge on any atom is 0.144 e. The minimum Gasteiger partial charge on any atom is -0.455 e. The molecule has 12 rings (SSSR count). The van der Waals surface area contributed by atoms with Crippen molar-refractivity contribution in [3.05, 3.63) is 175 Å². The van der Waals surface area contributed by atoms with E-state index >= 15 is 0 Å². The maximum absolute atomic E-state index is 6.54. The van der Waals surface area contributed by atoms with E-state index in [0.717, 1.165) is 16.7 Å². The Morgan fingerprint density at radius 1 is 0.518 bits per heavy atom. The highest BCUT2D eigenvalue weighted by Crippen LogP contribution is 2.53. The number of para-hydroxylation sites is 1. The lowest BCUT2D eigenvalue weighted by atomic mass is 9.81. The SMILES string of the molecule is C=C(C)c1c2ccccc2c(-c2ccc3c(c2)-c2ccc(-c4ccc5sc6c(c5c4)c4ccccc4c4oc5ccccc5c46)cc2C3(C)C)c2ccccc12. The molecule has 1 aliphatic carbocycles. The van der Waals surface area contributed by atoms with Crippen molar-refractivity contribution >= 4 is 91.3 Å². The molecular weight excluding hydrogens is 697 g/mol. The van der Waals surface area contributed by atoms with Gasteiger partial charge >= 0.3 is 0 Å². The monoisotopic (exact) mass is 732 g/mol. The summed E-state index contributed by atoms with van der Waals surface area (Å²) in [6.07, 6.45) is 0. The summed E-state index contributed by atoms with van der Waals surface area (Å²) in [6, 6.07) is 56.3. The number of rotatable bonds is 3. The lowest BCUT2D eigenvalue weighted by Crippen LogP contribution is -2.15. The van der Waals surface area contributed by atoms with E-state index < -0.39 is 0 Å². The van der Waals surface area contributed by atoms with Gasteiger partial charge in [0.05, 0.1) is 0 Å². The molecule has 2 heterocycles. The smallest absolute Gasteiger partial charge is 0.144 e. The summed E-state index contributed by atoms with van der Waals surface area (Å²) in [6.45, 7) is 11.3. The molecule has 0 aliphatic heterocycles. The lowest BCUT2D eigenvalue weighted by molar-refractivity contribution is 0.660. The van der Waals surface area contributed by atoms with Gasteiger partial charge in [0.1, 0.15) is 11.2 Å². The summed E-state index contributed by atoms with van der Waals surface area (Å²) in [5.74, 6) is 0. The van der Waals surface area contributed by atoms with Gasteiger partial charge in [0, 0.05) is 41.7 Å². The molecule has 56 heavy (non-hydrogen) atoms. The Balaban J connectivity index is 1.04. The molecular formula is C54H36OS. The first kappa shape index (κ1) is 31.8. The highest BCUT2D eigenvalue weighted by Gasteiger charge is 2.36. The highest BCUT2D eigenvalue weighted by atomic mass is 32.1. The fraction of sp³-hybridized carbons (Fsp3) is 0.0741. The van der Waals surface area contributed by atoms with E-state index in [-0.39, 0.29) is 5.41 Å². The number of thiophene rings is 1. The minimum atomic E-state index is -0.142. The van der Waals surface area contributed by atoms with E-state index in [1.807, 2.05) is 11.3 Å². The molecule has 2 aromatic heterocycles. The van der Waals surface area contributed by atoms with Gasteiger partial charge in [-0.1, -0.05) is 142 Å². The molecule has 0 N–H and O–H groups in total. The third-order valence-corrected chi connectivity index (χ3v) is 13.8. The number of hydrogen-bond acceptors (Lipinski definition) is 2. The van der Waals surface area contributed by atoms with Crippen LogP contribution in [-0.4, -0.2) is 0 Å². The third kappa shape index (κ3) is 4.20. The van der Waals surface area contributed by atoms with Crippen LogP contribution < -0.4 is 0 Å². The molecule has 9 aromatic carbocycles. The molecule has 11 aromatic rings. The summed E-state index contributed by atoms with van der Waals surface area (Å²) >= 11 is 1.88. The van der Waals surface area contributed by atoms with Gasteiger partial charge in [0.2, 0.25) is 0 Å². The molecule has 264 valence electrons. The fourth-order valence-corrected chi connectivity index (χ4v) is 11.3. The molecule has 0 spiro atoms. The van der Waals surface area contributed by atoms with Crippen molar-refractivity contribution in [2.45, 2.75) is 26.2 Å². The average Bonchev–Trinajstić information content (AvgIpc) is 3.87. The number of fused-ring (bicyclic) bond motifs is 15. The molecule has 0 saturated carbocycles. The van der Waals surface area contributed by atoms with Crippen LogP contribution in [0.5, 0.6) is 0 Å². The summed E-state index contributed by atoms with van der Waals surface area (Å²) < 4.78 is 9.13. The molecule has 0 atom stereocenters. The third-order valence-electron chi connectivity index (χ3n) is 12.6. The van der Waals surface area contributed by atoms with Crippen LogP contribution in [-0.2, 0) is 5.41 Å². The Bertz CT molecular complexity index is 3480. The van der Waals surface area contributed by atoms with Gasteiger partial charge in [-0.15, -0.1) is 11.3 Å². The molecule has 0 radical (unpaired) electrons. The summed E-state index contributed by atoms with van der Waals surface area (Å²) in [5.41, 5.74) is 14.5. The average molecular weight is 733 g/mol. The standard InChI is InChI=1S/C54H36OS/c1-30(2)48-35-13-5-7-15-37(35)49(38-16-8-6-14-36(38)48)33-22-25-44-42(28-33)34-24-21-32(29-45(34)54(44,3)4)31-23-26-47-43(27-31)50-39-17-9-10-18-40(39)52-51(53(50)56-47)41-19-11-12-20-46(41)55-52/h5-29H,1H2,2-4H3. The first-order valence-electron chi connectivity index (χ1n) is 19.4. The molecule has 0 amide bonds. The van der Waals surface area contributed by atoms with Crippen molar-refractivity contribution in [1.29, 1.82) is 0 Å². The topological polar surface area (TPSA) is 13.1 Å². The zero-order chi connectivity index (χ0) is 37.4. The quantitative estimate of drug-likeness (QED) is 0.165. The number of hydrogen-bond donors (Lipinski definition) is 0. The number of allylic oxidation sites excluding steroid dienone is 1. The normalized spacial score (nSPS) is 13.5. The first-order valence-corrected chi connectivity index (χ1v) is 20.3. The van der Waals surface area contributed by atoms with E-state index in [1.54, 1.807) is 0 Å². The van der Waals surface area contributed by atoms with Crippen molar-refractivity contribution in [3.63, 3.8) is 0 Å². The van der Waals surface area contributed by atoms with Gasteiger partial charge in [0.25, 0.3) is 0 Å². The zero-order valence-electron chi connectivity index (χ0n) is 31.5. The van der Waals surface area contributed by atoms with Gasteiger partial charge in [-0.2, -0.15) is 0 Å². The van der Waals surface area contributed by atoms with E-state index in [0.29, 0.717) is 0 Å². The lowest BCUT2D eigenvalue weighted by Gasteiger charge is -2.22. The molecule has 1 nitrogen and oxygen atoms in total. The summed E-state index contributed by atoms with van der Waals surface area (Å²) in [7, 11) is 0. The van der Waals surface area contributed by atoms with E-state index in [2.05, 4.69) is 179 Å². The predicted molar refractivity (Wildman–Crippen MR) is 242 cm³/mol. The van der Waals surface area contributed by atoms with Crippen LogP contribution in [0.1, 0.15) is 37.5 Å². The van der Waals surface area contributed by atoms with Gasteiger partial charge in [-0.3, -0.25) is 0 Å². The number of benzene rings is 9. The second-order valence-electron chi connectivity index (χ2n) is 16.1. The summed E-state index contributed by atoms with van der Waals surface area (Å²) in [5, 5.41) is 12.5. The van der Waals surface area contributed by atoms with Crippen molar-refractivity contribution in [3.8, 4) is 33.4 Å². The van der Waals surface area contributed by atoms with Crippen LogP contribution in [0.15, 0.2) is 163 Å². The van der Waals surface area contributed by atoms with Crippen LogP contribution >= 0.6 is 11.3 Å². The molecule has 0 bridgehead atoms. The predicted octanol–water partition coefficient (Wildman–Crippen LogP) is 16.1. The molecule has 1 aliphatic rings. The number of furan rings is 1. The van der Waals surface area contributed by atoms with Gasteiger partial charge in [0.15, 0.2) is 0 Å². The highest BCUT2D eigenvalue weighted by molar-refractivity contribution is 7.27. The fourth-order valence-electron chi connectivity index (χ4n) is 10.1. The van der Waals surface area contributed by atoms with E-state index in [9.17, 15) is 0 Å². The first-order chi connectivity index (χ1) is 27.4. The summed E-state index contributed by atoms with van der Waals surface area (Å²) in [4.78, 5) is 0. The second kappa shape index (κ2) is 11.3. The van der Waals surface area contributed by atoms with Crippen LogP contribution in [0.3, 0.4) is 0 Å². The van der Waals surface area contributed by atoms with E-state index in [1.165, 1.54) is 113 Å². The maximum atomic E-state index is 6.54. The molecule has 2 heteroatoms. The van der Waals surface area contributed by atoms with Crippen molar-refractivity contribution in [2.75, 3.05) is 0 Å². The van der Waals surface area contributed by atoms with Crippen molar-refractivity contribution < 1.29 is 4.42 Å². The van der Waals surface area contributed by atoms with Crippen LogP contribution in [0.4, 0.5) is 0 Å². The minimum absolute atomic E-state index is 0.142. The van der Waals surface area contributed by atoms with Gasteiger partial charge in [-0.25, -0.2) is 0 Å². The van der Waals surface area contributed by atoms with Gasteiger partial charge < -0.3 is 4.42 Å². The van der Waals surface area contributed by atoms with Gasteiger partial charge in [-0.05, 0) is 120 Å². The van der Waals surface area contributed by atoms with Crippen LogP contribution in [0, 0.1) is 0 Å². The Labute approximate surface area is 328 Å². The largest absolute Gasteiger partial charge is 0.455 e. The second-order valence-corrected chi connectivity index (χ2v) is 17.2. The van der Waals surface area contributed by atoms with E-state index in [4.69, 9.17) is 4.42 Å². The van der Waals surface area contributed by atoms with Crippen LogP contribution in [0.25, 0.3) is 113 Å². The Morgan fingerprint density at radius 3 is 1.86 bits per heavy atom. The Hall–Kier alpha value is -6.48. The van der Waals surface area contributed by atoms with Crippen molar-refractivity contribution in [2.24, 2.45) is 0 Å². The Kier molecular flexibility index (Phi) is 6.42. The molecule has 0 saturated heterocycles.